The number of hydrogen-bond donors (Lipinski definition) is 1. The highest BCUT2D eigenvalue weighted by Crippen LogP contribution is 2.36. The second-order valence-corrected chi connectivity index (χ2v) is 5.12. The lowest BCUT2D eigenvalue weighted by molar-refractivity contribution is 0.395. The molecule has 0 radical (unpaired) electrons. The third-order valence-electron chi connectivity index (χ3n) is 3.39. The van der Waals surface area contributed by atoms with Crippen LogP contribution in [-0.4, -0.2) is 14.2 Å². The van der Waals surface area contributed by atoms with Crippen LogP contribution in [0.2, 0.25) is 5.02 Å². The van der Waals surface area contributed by atoms with E-state index in [0.717, 1.165) is 12.1 Å². The van der Waals surface area contributed by atoms with Crippen molar-refractivity contribution in [2.75, 3.05) is 19.5 Å². The predicted molar refractivity (Wildman–Crippen MR) is 87.7 cm³/mol. The Hall–Kier alpha value is -1.87. The summed E-state index contributed by atoms with van der Waals surface area (Å²) in [7, 11) is 3.22. The fourth-order valence-corrected chi connectivity index (χ4v) is 2.33. The van der Waals surface area contributed by atoms with Gasteiger partial charge in [-0.25, -0.2) is 0 Å². The first kappa shape index (κ1) is 15.5. The van der Waals surface area contributed by atoms with Crippen LogP contribution in [0.5, 0.6) is 11.5 Å². The molecule has 3 nitrogen and oxygen atoms in total. The Bertz CT molecular complexity index is 596. The Labute approximate surface area is 130 Å². The van der Waals surface area contributed by atoms with Crippen LogP contribution in [0.3, 0.4) is 0 Å². The number of ether oxygens (including phenoxy) is 2. The summed E-state index contributed by atoms with van der Waals surface area (Å²) < 4.78 is 10.6. The van der Waals surface area contributed by atoms with Crippen molar-refractivity contribution in [1.29, 1.82) is 0 Å². The number of hydrogen-bond acceptors (Lipinski definition) is 3. The monoisotopic (exact) mass is 305 g/mol. The molecule has 0 aliphatic heterocycles. The Balaban J connectivity index is 2.13. The molecule has 1 N–H and O–H groups in total. The largest absolute Gasteiger partial charge is 0.495 e. The molecule has 2 rings (SSSR count). The van der Waals surface area contributed by atoms with Crippen molar-refractivity contribution in [2.45, 2.75) is 19.9 Å². The number of methoxy groups -OCH3 is 2. The molecule has 0 saturated carbocycles. The van der Waals surface area contributed by atoms with Crippen molar-refractivity contribution in [3.63, 3.8) is 0 Å². The van der Waals surface area contributed by atoms with Crippen molar-refractivity contribution < 1.29 is 9.47 Å². The number of anilines is 1. The molecule has 0 aliphatic rings. The molecule has 0 aliphatic carbocycles. The van der Waals surface area contributed by atoms with Crippen LogP contribution in [0.1, 0.15) is 18.1 Å². The summed E-state index contributed by atoms with van der Waals surface area (Å²) >= 11 is 6.16. The topological polar surface area (TPSA) is 30.5 Å². The Morgan fingerprint density at radius 1 is 0.952 bits per heavy atom. The van der Waals surface area contributed by atoms with Crippen LogP contribution in [0, 0.1) is 0 Å². The molecule has 0 fully saturated rings. The Morgan fingerprint density at radius 2 is 1.57 bits per heavy atom. The lowest BCUT2D eigenvalue weighted by atomic mass is 10.1. The third kappa shape index (κ3) is 3.82. The Kier molecular flexibility index (Phi) is 5.34. The minimum atomic E-state index is 0.558. The van der Waals surface area contributed by atoms with E-state index < -0.39 is 0 Å². The molecule has 112 valence electrons. The van der Waals surface area contributed by atoms with Gasteiger partial charge in [-0.3, -0.25) is 0 Å². The zero-order valence-corrected chi connectivity index (χ0v) is 13.3. The maximum Gasteiger partial charge on any atom is 0.145 e. The highest BCUT2D eigenvalue weighted by Gasteiger charge is 2.09. The normalized spacial score (nSPS) is 10.3. The van der Waals surface area contributed by atoms with Crippen LogP contribution in [0.4, 0.5) is 5.69 Å². The first-order valence-corrected chi connectivity index (χ1v) is 7.29. The highest BCUT2D eigenvalue weighted by atomic mass is 35.5. The molecule has 0 heterocycles. The van der Waals surface area contributed by atoms with E-state index in [-0.39, 0.29) is 0 Å². The smallest absolute Gasteiger partial charge is 0.145 e. The molecule has 0 spiro atoms. The van der Waals surface area contributed by atoms with Crippen LogP contribution >= 0.6 is 11.6 Å². The number of nitrogens with one attached hydrogen (secondary N) is 1. The summed E-state index contributed by atoms with van der Waals surface area (Å²) in [5, 5.41) is 3.90. The number of benzene rings is 2. The summed E-state index contributed by atoms with van der Waals surface area (Å²) in [5.41, 5.74) is 3.40. The van der Waals surface area contributed by atoms with E-state index in [9.17, 15) is 0 Å². The van der Waals surface area contributed by atoms with Crippen molar-refractivity contribution in [1.82, 2.24) is 0 Å². The summed E-state index contributed by atoms with van der Waals surface area (Å²) in [5.74, 6) is 1.31. The van der Waals surface area contributed by atoms with E-state index in [2.05, 4.69) is 36.5 Å². The van der Waals surface area contributed by atoms with Crippen LogP contribution < -0.4 is 14.8 Å². The van der Waals surface area contributed by atoms with E-state index in [0.29, 0.717) is 23.1 Å². The summed E-state index contributed by atoms with van der Waals surface area (Å²) in [6, 6.07) is 12.2. The van der Waals surface area contributed by atoms with Crippen LogP contribution in [0.25, 0.3) is 0 Å². The second kappa shape index (κ2) is 7.23. The van der Waals surface area contributed by atoms with Gasteiger partial charge in [-0.15, -0.1) is 0 Å². The van der Waals surface area contributed by atoms with Crippen molar-refractivity contribution in [3.8, 4) is 11.5 Å². The van der Waals surface area contributed by atoms with Crippen molar-refractivity contribution in [3.05, 3.63) is 52.5 Å². The average Bonchev–Trinajstić information content (AvgIpc) is 2.53. The summed E-state index contributed by atoms with van der Waals surface area (Å²) in [4.78, 5) is 0. The SMILES string of the molecule is CCc1ccc(CNc2cc(Cl)c(OC)cc2OC)cc1. The highest BCUT2D eigenvalue weighted by molar-refractivity contribution is 6.32. The molecule has 0 unspecified atom stereocenters. The molecule has 0 amide bonds. The molecule has 2 aromatic carbocycles. The molecular weight excluding hydrogens is 286 g/mol. The molecule has 0 aromatic heterocycles. The zero-order valence-electron chi connectivity index (χ0n) is 12.6. The van der Waals surface area contributed by atoms with Gasteiger partial charge in [-0.2, -0.15) is 0 Å². The van der Waals surface area contributed by atoms with E-state index in [1.54, 1.807) is 20.3 Å². The number of rotatable bonds is 6. The van der Waals surface area contributed by atoms with Gasteiger partial charge in [-0.05, 0) is 23.6 Å². The lowest BCUT2D eigenvalue weighted by Crippen LogP contribution is -2.02. The molecule has 0 saturated heterocycles. The number of aryl methyl sites for hydroxylation is 1. The molecule has 21 heavy (non-hydrogen) atoms. The maximum absolute atomic E-state index is 6.16. The molecular formula is C17H20ClNO2. The van der Waals surface area contributed by atoms with Crippen LogP contribution in [-0.2, 0) is 13.0 Å². The minimum absolute atomic E-state index is 0.558. The van der Waals surface area contributed by atoms with E-state index in [4.69, 9.17) is 21.1 Å². The quantitative estimate of drug-likeness (QED) is 0.850. The Morgan fingerprint density at radius 3 is 2.14 bits per heavy atom. The van der Waals surface area contributed by atoms with E-state index in [1.165, 1.54) is 11.1 Å². The second-order valence-electron chi connectivity index (χ2n) is 4.71. The first-order valence-electron chi connectivity index (χ1n) is 6.91. The van der Waals surface area contributed by atoms with Gasteiger partial charge in [0.05, 0.1) is 24.9 Å². The van der Waals surface area contributed by atoms with Crippen molar-refractivity contribution in [2.24, 2.45) is 0 Å². The van der Waals surface area contributed by atoms with Crippen molar-refractivity contribution >= 4 is 17.3 Å². The van der Waals surface area contributed by atoms with Gasteiger partial charge in [-0.1, -0.05) is 42.8 Å². The van der Waals surface area contributed by atoms with E-state index >= 15 is 0 Å². The summed E-state index contributed by atoms with van der Waals surface area (Å²) in [6.45, 7) is 2.86. The average molecular weight is 306 g/mol. The number of halogens is 1. The summed E-state index contributed by atoms with van der Waals surface area (Å²) in [6.07, 6.45) is 1.05. The minimum Gasteiger partial charge on any atom is -0.495 e. The first-order chi connectivity index (χ1) is 10.2. The molecule has 4 heteroatoms. The standard InChI is InChI=1S/C17H20ClNO2/c1-4-12-5-7-13(8-6-12)11-19-15-9-14(18)16(20-2)10-17(15)21-3/h5-10,19H,4,11H2,1-3H3. The molecule has 0 atom stereocenters. The van der Waals surface area contributed by atoms with Gasteiger partial charge in [0, 0.05) is 12.6 Å². The zero-order chi connectivity index (χ0) is 15.2. The van der Waals surface area contributed by atoms with Crippen LogP contribution in [0.15, 0.2) is 36.4 Å². The van der Waals surface area contributed by atoms with Gasteiger partial charge in [0.1, 0.15) is 11.5 Å². The van der Waals surface area contributed by atoms with Gasteiger partial charge in [0.2, 0.25) is 0 Å². The van der Waals surface area contributed by atoms with E-state index in [1.807, 2.05) is 6.07 Å². The molecule has 2 aromatic rings. The molecule has 0 bridgehead atoms. The van der Waals surface area contributed by atoms with Gasteiger partial charge in [0.15, 0.2) is 0 Å². The third-order valence-corrected chi connectivity index (χ3v) is 3.68. The van der Waals surface area contributed by atoms with Gasteiger partial charge >= 0.3 is 0 Å². The lowest BCUT2D eigenvalue weighted by Gasteiger charge is -2.14. The maximum atomic E-state index is 6.16. The fourth-order valence-electron chi connectivity index (χ4n) is 2.09. The van der Waals surface area contributed by atoms with Gasteiger partial charge in [0.25, 0.3) is 0 Å². The fraction of sp³-hybridized carbons (Fsp3) is 0.294. The predicted octanol–water partition coefficient (Wildman–Crippen LogP) is 4.53. The van der Waals surface area contributed by atoms with Gasteiger partial charge < -0.3 is 14.8 Å².